The van der Waals surface area contributed by atoms with Crippen LogP contribution in [0.4, 0.5) is 0 Å². The summed E-state index contributed by atoms with van der Waals surface area (Å²) in [6.07, 6.45) is -0.772. The molecule has 1 unspecified atom stereocenters. The van der Waals surface area contributed by atoms with Crippen molar-refractivity contribution in [2.24, 2.45) is 0 Å². The number of hydrogen-bond acceptors (Lipinski definition) is 2. The predicted molar refractivity (Wildman–Crippen MR) is 82.3 cm³/mol. The van der Waals surface area contributed by atoms with Crippen LogP contribution in [0.1, 0.15) is 5.56 Å². The molecule has 0 aliphatic carbocycles. The first-order chi connectivity index (χ1) is 9.60. The molecular weight excluding hydrogens is 274 g/mol. The summed E-state index contributed by atoms with van der Waals surface area (Å²) in [5, 5.41) is 21.7. The molecule has 2 aromatic carbocycles. The highest BCUT2D eigenvalue weighted by molar-refractivity contribution is 6.31. The van der Waals surface area contributed by atoms with Gasteiger partial charge in [-0.15, -0.1) is 0 Å². The summed E-state index contributed by atoms with van der Waals surface area (Å²) in [5.41, 5.74) is 3.24. The Balaban J connectivity index is 2.34. The maximum atomic E-state index is 9.76. The second-order valence-corrected chi connectivity index (χ2v) is 5.57. The Bertz CT molecular complexity index is 720. The second kappa shape index (κ2) is 5.09. The van der Waals surface area contributed by atoms with E-state index in [1.54, 1.807) is 0 Å². The zero-order chi connectivity index (χ0) is 14.3. The molecule has 3 rings (SSSR count). The normalized spacial score (nSPS) is 13.2. The van der Waals surface area contributed by atoms with Crippen molar-refractivity contribution in [1.29, 1.82) is 0 Å². The highest BCUT2D eigenvalue weighted by Gasteiger charge is 2.13. The summed E-state index contributed by atoms with van der Waals surface area (Å²) in [6.45, 7) is 2.16. The van der Waals surface area contributed by atoms with Crippen molar-refractivity contribution in [3.63, 3.8) is 0 Å². The lowest BCUT2D eigenvalue weighted by atomic mass is 10.1. The van der Waals surface area contributed by atoms with Gasteiger partial charge >= 0.3 is 0 Å². The van der Waals surface area contributed by atoms with Gasteiger partial charge in [0.1, 0.15) is 0 Å². The lowest BCUT2D eigenvalue weighted by molar-refractivity contribution is 0.0831. The molecule has 0 aliphatic heterocycles. The minimum atomic E-state index is -0.772. The molecule has 0 saturated carbocycles. The van der Waals surface area contributed by atoms with Gasteiger partial charge in [-0.25, -0.2) is 0 Å². The second-order valence-electron chi connectivity index (χ2n) is 5.13. The van der Waals surface area contributed by atoms with Crippen LogP contribution >= 0.6 is 11.6 Å². The fraction of sp³-hybridized carbons (Fsp3) is 0.250. The van der Waals surface area contributed by atoms with E-state index in [1.165, 1.54) is 5.56 Å². The number of halogens is 1. The topological polar surface area (TPSA) is 45.4 Å². The molecule has 20 heavy (non-hydrogen) atoms. The van der Waals surface area contributed by atoms with E-state index in [1.807, 2.05) is 34.9 Å². The standard InChI is InChI=1S/C16H16ClNO2/c1-10-2-4-15-13(6-10)14-7-11(17)3-5-16(14)18(15)8-12(20)9-19/h2-7,12,19-20H,8-9H2,1H3. The lowest BCUT2D eigenvalue weighted by Gasteiger charge is -2.11. The molecule has 0 fully saturated rings. The minimum absolute atomic E-state index is 0.249. The molecule has 1 aromatic heterocycles. The zero-order valence-corrected chi connectivity index (χ0v) is 11.9. The van der Waals surface area contributed by atoms with Gasteiger partial charge in [0.15, 0.2) is 0 Å². The number of aliphatic hydroxyl groups excluding tert-OH is 2. The van der Waals surface area contributed by atoms with Crippen LogP contribution in [0.2, 0.25) is 5.02 Å². The van der Waals surface area contributed by atoms with E-state index in [0.717, 1.165) is 21.8 Å². The average molecular weight is 290 g/mol. The largest absolute Gasteiger partial charge is 0.394 e. The fourth-order valence-corrected chi connectivity index (χ4v) is 2.83. The first-order valence-electron chi connectivity index (χ1n) is 6.57. The van der Waals surface area contributed by atoms with Crippen molar-refractivity contribution in [1.82, 2.24) is 4.57 Å². The first kappa shape index (κ1) is 13.4. The van der Waals surface area contributed by atoms with Crippen LogP contribution in [0.15, 0.2) is 36.4 Å². The summed E-state index contributed by atoms with van der Waals surface area (Å²) < 4.78 is 2.03. The molecule has 2 N–H and O–H groups in total. The molecule has 104 valence electrons. The van der Waals surface area contributed by atoms with E-state index >= 15 is 0 Å². The van der Waals surface area contributed by atoms with Gasteiger partial charge < -0.3 is 14.8 Å². The zero-order valence-electron chi connectivity index (χ0n) is 11.2. The third-order valence-electron chi connectivity index (χ3n) is 3.59. The van der Waals surface area contributed by atoms with Crippen molar-refractivity contribution >= 4 is 33.4 Å². The van der Waals surface area contributed by atoms with Crippen molar-refractivity contribution in [2.45, 2.75) is 19.6 Å². The highest BCUT2D eigenvalue weighted by Crippen LogP contribution is 2.31. The molecule has 0 radical (unpaired) electrons. The van der Waals surface area contributed by atoms with Gasteiger partial charge in [-0.05, 0) is 37.3 Å². The number of aromatic nitrogens is 1. The summed E-state index contributed by atoms with van der Waals surface area (Å²) in [7, 11) is 0. The van der Waals surface area contributed by atoms with Gasteiger partial charge in [-0.1, -0.05) is 23.2 Å². The number of rotatable bonds is 3. The maximum Gasteiger partial charge on any atom is 0.0949 e. The van der Waals surface area contributed by atoms with Gasteiger partial charge in [-0.3, -0.25) is 0 Å². The van der Waals surface area contributed by atoms with Crippen LogP contribution in [-0.2, 0) is 6.54 Å². The lowest BCUT2D eigenvalue weighted by Crippen LogP contribution is -2.19. The Morgan fingerprint density at radius 1 is 1.10 bits per heavy atom. The van der Waals surface area contributed by atoms with Crippen LogP contribution in [0.25, 0.3) is 21.8 Å². The van der Waals surface area contributed by atoms with Crippen LogP contribution in [0, 0.1) is 6.92 Å². The number of aliphatic hydroxyl groups is 2. The number of aryl methyl sites for hydroxylation is 1. The summed E-state index contributed by atoms with van der Waals surface area (Å²) >= 11 is 6.10. The SMILES string of the molecule is Cc1ccc2c(c1)c1cc(Cl)ccc1n2CC(O)CO. The Morgan fingerprint density at radius 2 is 1.75 bits per heavy atom. The van der Waals surface area contributed by atoms with E-state index in [9.17, 15) is 5.11 Å². The Morgan fingerprint density at radius 3 is 2.45 bits per heavy atom. The van der Waals surface area contributed by atoms with Crippen LogP contribution in [-0.4, -0.2) is 27.5 Å². The molecule has 0 spiro atoms. The molecule has 4 heteroatoms. The molecule has 3 aromatic rings. The van der Waals surface area contributed by atoms with Crippen LogP contribution in [0.3, 0.4) is 0 Å². The number of hydrogen-bond donors (Lipinski definition) is 2. The van der Waals surface area contributed by atoms with Crippen molar-refractivity contribution < 1.29 is 10.2 Å². The summed E-state index contributed by atoms with van der Waals surface area (Å²) in [6, 6.07) is 12.0. The predicted octanol–water partition coefficient (Wildman–Crippen LogP) is 3.11. The van der Waals surface area contributed by atoms with E-state index < -0.39 is 6.10 Å². The average Bonchev–Trinajstić information content (AvgIpc) is 2.72. The smallest absolute Gasteiger partial charge is 0.0949 e. The molecule has 1 atom stereocenters. The molecule has 0 amide bonds. The quantitative estimate of drug-likeness (QED) is 0.778. The Labute approximate surface area is 122 Å². The molecule has 3 nitrogen and oxygen atoms in total. The third kappa shape index (κ3) is 2.18. The van der Waals surface area contributed by atoms with Gasteiger partial charge in [0.2, 0.25) is 0 Å². The minimum Gasteiger partial charge on any atom is -0.394 e. The van der Waals surface area contributed by atoms with Gasteiger partial charge in [0.05, 0.1) is 19.3 Å². The van der Waals surface area contributed by atoms with E-state index in [0.29, 0.717) is 11.6 Å². The first-order valence-corrected chi connectivity index (χ1v) is 6.95. The van der Waals surface area contributed by atoms with Gasteiger partial charge in [0.25, 0.3) is 0 Å². The Hall–Kier alpha value is -1.55. The van der Waals surface area contributed by atoms with Crippen molar-refractivity contribution in [3.8, 4) is 0 Å². The fourth-order valence-electron chi connectivity index (χ4n) is 2.66. The highest BCUT2D eigenvalue weighted by atomic mass is 35.5. The maximum absolute atomic E-state index is 9.76. The third-order valence-corrected chi connectivity index (χ3v) is 3.82. The number of benzene rings is 2. The number of fused-ring (bicyclic) bond motifs is 3. The molecule has 0 aliphatic rings. The molecule has 0 bridgehead atoms. The molecule has 0 saturated heterocycles. The molecule has 1 heterocycles. The summed E-state index contributed by atoms with van der Waals surface area (Å²) in [5.74, 6) is 0. The van der Waals surface area contributed by atoms with Crippen LogP contribution < -0.4 is 0 Å². The summed E-state index contributed by atoms with van der Waals surface area (Å²) in [4.78, 5) is 0. The van der Waals surface area contributed by atoms with Gasteiger partial charge in [-0.2, -0.15) is 0 Å². The van der Waals surface area contributed by atoms with E-state index in [-0.39, 0.29) is 6.61 Å². The Kier molecular flexibility index (Phi) is 3.42. The van der Waals surface area contributed by atoms with Crippen molar-refractivity contribution in [3.05, 3.63) is 47.0 Å². The van der Waals surface area contributed by atoms with Crippen molar-refractivity contribution in [2.75, 3.05) is 6.61 Å². The van der Waals surface area contributed by atoms with E-state index in [2.05, 4.69) is 13.0 Å². The monoisotopic (exact) mass is 289 g/mol. The molecular formula is C16H16ClNO2. The van der Waals surface area contributed by atoms with Crippen LogP contribution in [0.5, 0.6) is 0 Å². The van der Waals surface area contributed by atoms with E-state index in [4.69, 9.17) is 16.7 Å². The number of nitrogens with zero attached hydrogens (tertiary/aromatic N) is 1. The van der Waals surface area contributed by atoms with Gasteiger partial charge in [0, 0.05) is 26.8 Å².